The first-order valence-corrected chi connectivity index (χ1v) is 8.79. The number of nitrogens with zero attached hydrogens (tertiary/aromatic N) is 1. The standard InChI is InChI=1S/C17H34N2O/c1-3-19(16-8-5-4-6-9-16)13-7-12-17(2,14-20)18-15-10-11-15/h15-16,18,20H,3-14H2,1-2H3. The Morgan fingerprint density at radius 3 is 2.40 bits per heavy atom. The summed E-state index contributed by atoms with van der Waals surface area (Å²) in [4.78, 5) is 2.67. The Morgan fingerprint density at radius 1 is 1.15 bits per heavy atom. The molecule has 2 rings (SSSR count). The largest absolute Gasteiger partial charge is 0.394 e. The molecule has 2 fully saturated rings. The van der Waals surface area contributed by atoms with Crippen LogP contribution in [0.2, 0.25) is 0 Å². The summed E-state index contributed by atoms with van der Waals surface area (Å²) in [5, 5.41) is 13.3. The maximum absolute atomic E-state index is 9.66. The molecule has 1 atom stereocenters. The molecule has 0 heterocycles. The Morgan fingerprint density at radius 2 is 1.85 bits per heavy atom. The number of aliphatic hydroxyl groups is 1. The van der Waals surface area contributed by atoms with Crippen LogP contribution in [-0.4, -0.2) is 47.3 Å². The molecule has 3 heteroatoms. The van der Waals surface area contributed by atoms with Gasteiger partial charge in [0, 0.05) is 17.6 Å². The van der Waals surface area contributed by atoms with Gasteiger partial charge in [0.1, 0.15) is 0 Å². The van der Waals surface area contributed by atoms with E-state index in [0.29, 0.717) is 6.04 Å². The van der Waals surface area contributed by atoms with Gasteiger partial charge in [0.2, 0.25) is 0 Å². The first kappa shape index (κ1) is 16.3. The second-order valence-corrected chi connectivity index (χ2v) is 7.16. The third-order valence-corrected chi connectivity index (χ3v) is 5.15. The van der Waals surface area contributed by atoms with Crippen LogP contribution in [-0.2, 0) is 0 Å². The second kappa shape index (κ2) is 7.77. The zero-order chi connectivity index (χ0) is 14.4. The molecule has 0 aromatic rings. The quantitative estimate of drug-likeness (QED) is 0.682. The topological polar surface area (TPSA) is 35.5 Å². The average molecular weight is 282 g/mol. The lowest BCUT2D eigenvalue weighted by molar-refractivity contribution is 0.134. The van der Waals surface area contributed by atoms with Crippen LogP contribution in [0.4, 0.5) is 0 Å². The first-order valence-electron chi connectivity index (χ1n) is 8.79. The molecule has 2 saturated carbocycles. The lowest BCUT2D eigenvalue weighted by atomic mass is 9.93. The van der Waals surface area contributed by atoms with E-state index in [1.54, 1.807) is 0 Å². The van der Waals surface area contributed by atoms with Crippen molar-refractivity contribution in [1.82, 2.24) is 10.2 Å². The van der Waals surface area contributed by atoms with Crippen LogP contribution in [0.15, 0.2) is 0 Å². The van der Waals surface area contributed by atoms with E-state index in [4.69, 9.17) is 0 Å². The van der Waals surface area contributed by atoms with Crippen LogP contribution in [0.1, 0.15) is 71.6 Å². The van der Waals surface area contributed by atoms with Crippen molar-refractivity contribution in [3.05, 3.63) is 0 Å². The van der Waals surface area contributed by atoms with Gasteiger partial charge in [-0.15, -0.1) is 0 Å². The van der Waals surface area contributed by atoms with Gasteiger partial charge in [-0.05, 0) is 58.5 Å². The fourth-order valence-electron chi connectivity index (χ4n) is 3.63. The van der Waals surface area contributed by atoms with Gasteiger partial charge in [0.05, 0.1) is 6.61 Å². The summed E-state index contributed by atoms with van der Waals surface area (Å²) < 4.78 is 0. The number of nitrogens with one attached hydrogen (secondary N) is 1. The highest BCUT2D eigenvalue weighted by Gasteiger charge is 2.31. The molecule has 20 heavy (non-hydrogen) atoms. The van der Waals surface area contributed by atoms with Crippen molar-refractivity contribution in [2.45, 2.75) is 89.3 Å². The molecule has 2 N–H and O–H groups in total. The first-order chi connectivity index (χ1) is 9.67. The molecule has 118 valence electrons. The Bertz CT molecular complexity index is 274. The molecular formula is C17H34N2O. The average Bonchev–Trinajstić information content (AvgIpc) is 3.28. The highest BCUT2D eigenvalue weighted by atomic mass is 16.3. The van der Waals surface area contributed by atoms with E-state index in [9.17, 15) is 5.11 Å². The van der Waals surface area contributed by atoms with E-state index in [1.165, 1.54) is 64.5 Å². The number of rotatable bonds is 9. The SMILES string of the molecule is CCN(CCCC(C)(CO)NC1CC1)C1CCCCC1. The summed E-state index contributed by atoms with van der Waals surface area (Å²) in [6, 6.07) is 1.50. The Labute approximate surface area is 125 Å². The number of hydrogen-bond acceptors (Lipinski definition) is 3. The van der Waals surface area contributed by atoms with Crippen LogP contribution in [0.25, 0.3) is 0 Å². The van der Waals surface area contributed by atoms with Crippen molar-refractivity contribution in [3.63, 3.8) is 0 Å². The molecule has 2 aliphatic carbocycles. The molecule has 0 spiro atoms. The zero-order valence-electron chi connectivity index (χ0n) is 13.5. The molecule has 1 unspecified atom stereocenters. The van der Waals surface area contributed by atoms with Crippen LogP contribution in [0.3, 0.4) is 0 Å². The lowest BCUT2D eigenvalue weighted by Crippen LogP contribution is -2.47. The summed E-state index contributed by atoms with van der Waals surface area (Å²) in [6.45, 7) is 7.11. The van der Waals surface area contributed by atoms with Gasteiger partial charge in [0.15, 0.2) is 0 Å². The second-order valence-electron chi connectivity index (χ2n) is 7.16. The molecule has 0 radical (unpaired) electrons. The minimum atomic E-state index is -0.0624. The van der Waals surface area contributed by atoms with Gasteiger partial charge in [0.25, 0.3) is 0 Å². The predicted octanol–water partition coefficient (Wildman–Crippen LogP) is 2.92. The zero-order valence-corrected chi connectivity index (χ0v) is 13.5. The highest BCUT2D eigenvalue weighted by molar-refractivity contribution is 4.92. The third kappa shape index (κ3) is 5.01. The van der Waals surface area contributed by atoms with Crippen molar-refractivity contribution < 1.29 is 5.11 Å². The maximum Gasteiger partial charge on any atom is 0.0610 e. The van der Waals surface area contributed by atoms with Crippen LogP contribution >= 0.6 is 0 Å². The Balaban J connectivity index is 1.71. The summed E-state index contributed by atoms with van der Waals surface area (Å²) in [6.07, 6.45) is 11.9. The fraction of sp³-hybridized carbons (Fsp3) is 1.00. The van der Waals surface area contributed by atoms with Gasteiger partial charge in [-0.25, -0.2) is 0 Å². The minimum Gasteiger partial charge on any atom is -0.394 e. The molecular weight excluding hydrogens is 248 g/mol. The Kier molecular flexibility index (Phi) is 6.31. The van der Waals surface area contributed by atoms with Crippen LogP contribution < -0.4 is 5.32 Å². The van der Waals surface area contributed by atoms with E-state index in [0.717, 1.165) is 12.5 Å². The van der Waals surface area contributed by atoms with Gasteiger partial charge in [-0.1, -0.05) is 26.2 Å². The van der Waals surface area contributed by atoms with Crippen molar-refractivity contribution in [3.8, 4) is 0 Å². The van der Waals surface area contributed by atoms with E-state index in [-0.39, 0.29) is 12.1 Å². The number of hydrogen-bond donors (Lipinski definition) is 2. The van der Waals surface area contributed by atoms with Gasteiger partial charge < -0.3 is 15.3 Å². The fourth-order valence-corrected chi connectivity index (χ4v) is 3.63. The molecule has 0 aromatic heterocycles. The molecule has 3 nitrogen and oxygen atoms in total. The van der Waals surface area contributed by atoms with Crippen molar-refractivity contribution in [2.75, 3.05) is 19.7 Å². The van der Waals surface area contributed by atoms with E-state index < -0.39 is 0 Å². The van der Waals surface area contributed by atoms with Gasteiger partial charge in [-0.3, -0.25) is 0 Å². The molecule has 0 bridgehead atoms. The molecule has 0 saturated heterocycles. The maximum atomic E-state index is 9.66. The lowest BCUT2D eigenvalue weighted by Gasteiger charge is -2.35. The van der Waals surface area contributed by atoms with Crippen molar-refractivity contribution >= 4 is 0 Å². The summed E-state index contributed by atoms with van der Waals surface area (Å²) in [5.41, 5.74) is -0.0624. The van der Waals surface area contributed by atoms with E-state index in [1.807, 2.05) is 0 Å². The van der Waals surface area contributed by atoms with Crippen LogP contribution in [0, 0.1) is 0 Å². The summed E-state index contributed by atoms with van der Waals surface area (Å²) in [5.74, 6) is 0. The van der Waals surface area contributed by atoms with Gasteiger partial charge >= 0.3 is 0 Å². The monoisotopic (exact) mass is 282 g/mol. The van der Waals surface area contributed by atoms with E-state index >= 15 is 0 Å². The van der Waals surface area contributed by atoms with Gasteiger partial charge in [-0.2, -0.15) is 0 Å². The van der Waals surface area contributed by atoms with E-state index in [2.05, 4.69) is 24.1 Å². The smallest absolute Gasteiger partial charge is 0.0610 e. The van der Waals surface area contributed by atoms with Crippen molar-refractivity contribution in [2.24, 2.45) is 0 Å². The normalized spacial score (nSPS) is 24.0. The summed E-state index contributed by atoms with van der Waals surface area (Å²) >= 11 is 0. The van der Waals surface area contributed by atoms with Crippen molar-refractivity contribution in [1.29, 1.82) is 0 Å². The molecule has 0 aromatic carbocycles. The summed E-state index contributed by atoms with van der Waals surface area (Å²) in [7, 11) is 0. The van der Waals surface area contributed by atoms with Crippen LogP contribution in [0.5, 0.6) is 0 Å². The molecule has 0 aliphatic heterocycles. The minimum absolute atomic E-state index is 0.0624. The number of aliphatic hydroxyl groups excluding tert-OH is 1. The predicted molar refractivity (Wildman–Crippen MR) is 85.0 cm³/mol. The highest BCUT2D eigenvalue weighted by Crippen LogP contribution is 2.26. The Hall–Kier alpha value is -0.120. The molecule has 0 amide bonds. The third-order valence-electron chi connectivity index (χ3n) is 5.15. The molecule has 2 aliphatic rings.